The van der Waals surface area contributed by atoms with Gasteiger partial charge in [0.1, 0.15) is 5.75 Å². The Hall–Kier alpha value is -3.73. The number of para-hydroxylation sites is 1. The molecule has 5 heteroatoms. The van der Waals surface area contributed by atoms with E-state index in [1.54, 1.807) is 67.6 Å². The molecule has 1 amide bonds. The summed E-state index contributed by atoms with van der Waals surface area (Å²) in [5.74, 6) is -0.811. The number of phenolic OH excluding ortho intramolecular Hbond substituents is 1. The maximum Gasteiger partial charge on any atom is 0.247 e. The van der Waals surface area contributed by atoms with Crippen molar-refractivity contribution < 1.29 is 14.7 Å². The fourth-order valence-corrected chi connectivity index (χ4v) is 2.72. The number of carbonyl (C=O) groups is 2. The van der Waals surface area contributed by atoms with Crippen molar-refractivity contribution >= 4 is 17.9 Å². The average molecular weight is 372 g/mol. The molecule has 0 aromatic heterocycles. The SMILES string of the molecule is CC(C(=O)N/N=C/c1ccccc1O)c1cccc(C(=O)c2ccccc2)c1. The number of nitrogens with one attached hydrogen (secondary N) is 1. The van der Waals surface area contributed by atoms with Gasteiger partial charge in [-0.1, -0.05) is 60.7 Å². The summed E-state index contributed by atoms with van der Waals surface area (Å²) in [5.41, 5.74) is 4.83. The van der Waals surface area contributed by atoms with Gasteiger partial charge in [-0.05, 0) is 30.7 Å². The van der Waals surface area contributed by atoms with Crippen molar-refractivity contribution in [1.29, 1.82) is 0 Å². The molecule has 0 fully saturated rings. The molecule has 0 saturated heterocycles. The van der Waals surface area contributed by atoms with Crippen LogP contribution in [-0.2, 0) is 4.79 Å². The predicted octanol–water partition coefficient (Wildman–Crippen LogP) is 3.88. The maximum atomic E-state index is 12.6. The molecule has 0 aliphatic heterocycles. The fraction of sp³-hybridized carbons (Fsp3) is 0.0870. The van der Waals surface area contributed by atoms with E-state index in [1.165, 1.54) is 6.21 Å². The van der Waals surface area contributed by atoms with E-state index in [2.05, 4.69) is 10.5 Å². The minimum atomic E-state index is -0.495. The predicted molar refractivity (Wildman–Crippen MR) is 109 cm³/mol. The lowest BCUT2D eigenvalue weighted by molar-refractivity contribution is -0.122. The normalized spacial score (nSPS) is 11.9. The lowest BCUT2D eigenvalue weighted by atomic mass is 9.95. The Bertz CT molecular complexity index is 1010. The fourth-order valence-electron chi connectivity index (χ4n) is 2.72. The zero-order chi connectivity index (χ0) is 19.9. The molecule has 0 aliphatic rings. The number of ketones is 1. The molecule has 0 bridgehead atoms. The van der Waals surface area contributed by atoms with Crippen molar-refractivity contribution in [2.24, 2.45) is 5.10 Å². The Kier molecular flexibility index (Phi) is 5.97. The van der Waals surface area contributed by atoms with Crippen molar-refractivity contribution in [1.82, 2.24) is 5.43 Å². The number of carbonyl (C=O) groups excluding carboxylic acids is 2. The zero-order valence-corrected chi connectivity index (χ0v) is 15.4. The summed E-state index contributed by atoms with van der Waals surface area (Å²) in [4.78, 5) is 25.0. The average Bonchev–Trinajstić information content (AvgIpc) is 2.74. The third-order valence-corrected chi connectivity index (χ3v) is 4.39. The first-order valence-electron chi connectivity index (χ1n) is 8.87. The summed E-state index contributed by atoms with van der Waals surface area (Å²) in [6, 6.07) is 22.7. The molecule has 0 saturated carbocycles. The third kappa shape index (κ3) is 4.51. The summed E-state index contributed by atoms with van der Waals surface area (Å²) < 4.78 is 0. The van der Waals surface area contributed by atoms with Gasteiger partial charge < -0.3 is 5.11 Å². The Balaban J connectivity index is 1.70. The molecule has 3 aromatic carbocycles. The summed E-state index contributed by atoms with van der Waals surface area (Å²) in [6.45, 7) is 1.75. The van der Waals surface area contributed by atoms with E-state index in [0.29, 0.717) is 16.7 Å². The molecule has 3 rings (SSSR count). The second-order valence-electron chi connectivity index (χ2n) is 6.34. The molecule has 0 radical (unpaired) electrons. The van der Waals surface area contributed by atoms with Crippen LogP contribution in [0.25, 0.3) is 0 Å². The van der Waals surface area contributed by atoms with Gasteiger partial charge in [-0.3, -0.25) is 9.59 Å². The molecule has 1 unspecified atom stereocenters. The summed E-state index contributed by atoms with van der Waals surface area (Å²) in [5, 5.41) is 13.6. The van der Waals surface area contributed by atoms with Crippen LogP contribution in [0, 0.1) is 0 Å². The van der Waals surface area contributed by atoms with Crippen LogP contribution in [0.2, 0.25) is 0 Å². The van der Waals surface area contributed by atoms with Crippen molar-refractivity contribution in [3.63, 3.8) is 0 Å². The lowest BCUT2D eigenvalue weighted by Gasteiger charge is -2.11. The summed E-state index contributed by atoms with van der Waals surface area (Å²) in [6.07, 6.45) is 1.38. The monoisotopic (exact) mass is 372 g/mol. The van der Waals surface area contributed by atoms with Gasteiger partial charge in [-0.25, -0.2) is 5.43 Å². The summed E-state index contributed by atoms with van der Waals surface area (Å²) >= 11 is 0. The first-order chi connectivity index (χ1) is 13.6. The molecule has 1 atom stereocenters. The molecule has 0 heterocycles. The highest BCUT2D eigenvalue weighted by molar-refractivity contribution is 6.09. The van der Waals surface area contributed by atoms with E-state index in [-0.39, 0.29) is 17.4 Å². The van der Waals surface area contributed by atoms with Crippen LogP contribution in [0.5, 0.6) is 5.75 Å². The number of benzene rings is 3. The minimum absolute atomic E-state index is 0.0840. The van der Waals surface area contributed by atoms with Crippen LogP contribution in [0.1, 0.15) is 39.9 Å². The first kappa shape index (κ1) is 19.0. The van der Waals surface area contributed by atoms with Crippen LogP contribution in [0.15, 0.2) is 84.0 Å². The Morgan fingerprint density at radius 1 is 0.929 bits per heavy atom. The zero-order valence-electron chi connectivity index (χ0n) is 15.4. The molecule has 5 nitrogen and oxygen atoms in total. The van der Waals surface area contributed by atoms with E-state index >= 15 is 0 Å². The Morgan fingerprint density at radius 3 is 2.36 bits per heavy atom. The first-order valence-corrected chi connectivity index (χ1v) is 8.87. The molecule has 28 heavy (non-hydrogen) atoms. The molecule has 140 valence electrons. The highest BCUT2D eigenvalue weighted by Gasteiger charge is 2.17. The summed E-state index contributed by atoms with van der Waals surface area (Å²) in [7, 11) is 0. The third-order valence-electron chi connectivity index (χ3n) is 4.39. The number of rotatable bonds is 6. The molecule has 0 spiro atoms. The van der Waals surface area contributed by atoms with Crippen LogP contribution in [0.3, 0.4) is 0 Å². The Labute approximate surface area is 163 Å². The molecular weight excluding hydrogens is 352 g/mol. The van der Waals surface area contributed by atoms with Gasteiger partial charge >= 0.3 is 0 Å². The topological polar surface area (TPSA) is 78.8 Å². The second-order valence-corrected chi connectivity index (χ2v) is 6.34. The van der Waals surface area contributed by atoms with E-state index in [1.807, 2.05) is 18.2 Å². The number of hydrogen-bond donors (Lipinski definition) is 2. The minimum Gasteiger partial charge on any atom is -0.507 e. The highest BCUT2D eigenvalue weighted by atomic mass is 16.3. The number of aromatic hydroxyl groups is 1. The van der Waals surface area contributed by atoms with E-state index in [4.69, 9.17) is 0 Å². The molecule has 2 N–H and O–H groups in total. The van der Waals surface area contributed by atoms with E-state index in [0.717, 1.165) is 5.56 Å². The van der Waals surface area contributed by atoms with E-state index < -0.39 is 5.92 Å². The quantitative estimate of drug-likeness (QED) is 0.392. The number of amides is 1. The van der Waals surface area contributed by atoms with Crippen LogP contribution < -0.4 is 5.43 Å². The number of nitrogens with zero attached hydrogens (tertiary/aromatic N) is 1. The van der Waals surface area contributed by atoms with Crippen molar-refractivity contribution in [2.45, 2.75) is 12.8 Å². The number of hydrogen-bond acceptors (Lipinski definition) is 4. The molecular formula is C23H20N2O3. The van der Waals surface area contributed by atoms with Gasteiger partial charge in [0, 0.05) is 16.7 Å². The van der Waals surface area contributed by atoms with Crippen LogP contribution in [0.4, 0.5) is 0 Å². The van der Waals surface area contributed by atoms with Gasteiger partial charge in [0.2, 0.25) is 5.91 Å². The van der Waals surface area contributed by atoms with E-state index in [9.17, 15) is 14.7 Å². The van der Waals surface area contributed by atoms with Crippen molar-refractivity contribution in [2.75, 3.05) is 0 Å². The molecule has 3 aromatic rings. The number of phenols is 1. The van der Waals surface area contributed by atoms with Gasteiger partial charge in [0.15, 0.2) is 5.78 Å². The highest BCUT2D eigenvalue weighted by Crippen LogP contribution is 2.19. The van der Waals surface area contributed by atoms with Crippen molar-refractivity contribution in [3.05, 3.63) is 101 Å². The molecule has 0 aliphatic carbocycles. The van der Waals surface area contributed by atoms with Gasteiger partial charge in [-0.2, -0.15) is 5.10 Å². The smallest absolute Gasteiger partial charge is 0.247 e. The maximum absolute atomic E-state index is 12.6. The van der Waals surface area contributed by atoms with Crippen LogP contribution in [-0.4, -0.2) is 23.0 Å². The Morgan fingerprint density at radius 2 is 1.61 bits per heavy atom. The standard InChI is InChI=1S/C23H20N2O3/c1-16(23(28)25-24-15-20-10-5-6-13-21(20)26)18-11-7-12-19(14-18)22(27)17-8-3-2-4-9-17/h2-16,26H,1H3,(H,25,28)/b24-15+. The largest absolute Gasteiger partial charge is 0.507 e. The number of hydrazone groups is 1. The van der Waals surface area contributed by atoms with Gasteiger partial charge in [0.25, 0.3) is 0 Å². The van der Waals surface area contributed by atoms with Crippen LogP contribution >= 0.6 is 0 Å². The second kappa shape index (κ2) is 8.77. The van der Waals surface area contributed by atoms with Gasteiger partial charge in [0.05, 0.1) is 12.1 Å². The van der Waals surface area contributed by atoms with Gasteiger partial charge in [-0.15, -0.1) is 0 Å². The van der Waals surface area contributed by atoms with Crippen molar-refractivity contribution in [3.8, 4) is 5.75 Å². The lowest BCUT2D eigenvalue weighted by Crippen LogP contribution is -2.23.